The number of nitrogens with zero attached hydrogens (tertiary/aromatic N) is 2. The Bertz CT molecular complexity index is 575. The second kappa shape index (κ2) is 7.06. The van der Waals surface area contributed by atoms with E-state index in [0.29, 0.717) is 37.9 Å². The highest BCUT2D eigenvalue weighted by molar-refractivity contribution is 6.30. The fraction of sp³-hybridized carbons (Fsp3) is 0.467. The van der Waals surface area contributed by atoms with Crippen LogP contribution in [0.15, 0.2) is 24.3 Å². The molecule has 3 amide bonds. The van der Waals surface area contributed by atoms with Crippen molar-refractivity contribution in [1.29, 1.82) is 0 Å². The van der Waals surface area contributed by atoms with Gasteiger partial charge in [0, 0.05) is 23.8 Å². The largest absolute Gasteiger partial charge is 0.442 e. The first-order valence-corrected chi connectivity index (χ1v) is 7.85. The van der Waals surface area contributed by atoms with Crippen molar-refractivity contribution in [3.8, 4) is 0 Å². The van der Waals surface area contributed by atoms with Gasteiger partial charge in [0.25, 0.3) is 0 Å². The zero-order chi connectivity index (χ0) is 16.2. The first kappa shape index (κ1) is 15.9. The summed E-state index contributed by atoms with van der Waals surface area (Å²) in [6, 6.07) is 6.81. The van der Waals surface area contributed by atoms with Gasteiger partial charge in [0.15, 0.2) is 0 Å². The molecule has 2 aliphatic rings. The van der Waals surface area contributed by atoms with Crippen LogP contribution in [0.4, 0.5) is 15.3 Å². The number of halogens is 1. The van der Waals surface area contributed by atoms with Crippen LogP contribution in [0, 0.1) is 0 Å². The highest BCUT2D eigenvalue weighted by atomic mass is 35.5. The van der Waals surface area contributed by atoms with Crippen LogP contribution in [0.1, 0.15) is 0 Å². The standard InChI is InChI=1S/C15H18ClN3O4/c16-11-1-3-12(4-2-11)19-10-13(23-15(19)21)9-17-14(20)18-5-7-22-8-6-18/h1-4,13H,5-10H2,(H,17,20). The Morgan fingerprint density at radius 3 is 2.65 bits per heavy atom. The van der Waals surface area contributed by atoms with Gasteiger partial charge in [-0.05, 0) is 24.3 Å². The normalized spacial score (nSPS) is 21.3. The molecule has 23 heavy (non-hydrogen) atoms. The van der Waals surface area contributed by atoms with Crippen molar-refractivity contribution >= 4 is 29.4 Å². The predicted octanol–water partition coefficient (Wildman–Crippen LogP) is 1.71. The molecule has 1 aromatic carbocycles. The molecule has 8 heteroatoms. The average molecular weight is 340 g/mol. The molecular formula is C15H18ClN3O4. The molecule has 0 bridgehead atoms. The molecule has 0 spiro atoms. The van der Waals surface area contributed by atoms with Crippen molar-refractivity contribution in [3.05, 3.63) is 29.3 Å². The number of urea groups is 1. The number of carbonyl (C=O) groups excluding carboxylic acids is 2. The number of nitrogens with one attached hydrogen (secondary N) is 1. The first-order chi connectivity index (χ1) is 11.1. The molecule has 0 aromatic heterocycles. The highest BCUT2D eigenvalue weighted by Crippen LogP contribution is 2.23. The van der Waals surface area contributed by atoms with Crippen molar-refractivity contribution in [2.24, 2.45) is 0 Å². The minimum absolute atomic E-state index is 0.158. The van der Waals surface area contributed by atoms with Gasteiger partial charge >= 0.3 is 12.1 Å². The first-order valence-electron chi connectivity index (χ1n) is 7.48. The van der Waals surface area contributed by atoms with Crippen LogP contribution in [0.2, 0.25) is 5.02 Å². The highest BCUT2D eigenvalue weighted by Gasteiger charge is 2.32. The lowest BCUT2D eigenvalue weighted by atomic mass is 10.2. The molecule has 1 N–H and O–H groups in total. The van der Waals surface area contributed by atoms with E-state index in [2.05, 4.69) is 5.32 Å². The number of ether oxygens (including phenoxy) is 2. The van der Waals surface area contributed by atoms with Gasteiger partial charge in [0.1, 0.15) is 6.10 Å². The van der Waals surface area contributed by atoms with E-state index in [9.17, 15) is 9.59 Å². The van der Waals surface area contributed by atoms with Crippen LogP contribution in [0.5, 0.6) is 0 Å². The molecule has 1 aromatic rings. The van der Waals surface area contributed by atoms with Crippen LogP contribution >= 0.6 is 11.6 Å². The minimum Gasteiger partial charge on any atom is -0.442 e. The smallest absolute Gasteiger partial charge is 0.414 e. The second-order valence-corrected chi connectivity index (χ2v) is 5.81. The number of amides is 3. The zero-order valence-corrected chi connectivity index (χ0v) is 13.3. The molecule has 0 aliphatic carbocycles. The Balaban J connectivity index is 1.51. The summed E-state index contributed by atoms with van der Waals surface area (Å²) in [5.41, 5.74) is 0.724. The van der Waals surface area contributed by atoms with Crippen molar-refractivity contribution in [2.45, 2.75) is 6.10 Å². The van der Waals surface area contributed by atoms with Gasteiger partial charge in [-0.3, -0.25) is 4.90 Å². The van der Waals surface area contributed by atoms with E-state index in [1.807, 2.05) is 0 Å². The maximum absolute atomic E-state index is 12.0. The molecule has 1 atom stereocenters. The van der Waals surface area contributed by atoms with Gasteiger partial charge in [-0.1, -0.05) is 11.6 Å². The Morgan fingerprint density at radius 1 is 1.26 bits per heavy atom. The summed E-state index contributed by atoms with van der Waals surface area (Å²) in [6.45, 7) is 2.93. The Hall–Kier alpha value is -1.99. The molecule has 1 unspecified atom stereocenters. The van der Waals surface area contributed by atoms with E-state index in [1.54, 1.807) is 29.2 Å². The minimum atomic E-state index is -0.419. The molecular weight excluding hydrogens is 322 g/mol. The molecule has 2 saturated heterocycles. The molecule has 7 nitrogen and oxygen atoms in total. The Kier molecular flexibility index (Phi) is 4.88. The molecule has 2 fully saturated rings. The topological polar surface area (TPSA) is 71.1 Å². The number of hydrogen-bond acceptors (Lipinski definition) is 4. The summed E-state index contributed by atoms with van der Waals surface area (Å²) in [5.74, 6) is 0. The van der Waals surface area contributed by atoms with E-state index >= 15 is 0 Å². The maximum atomic E-state index is 12.0. The van der Waals surface area contributed by atoms with Crippen molar-refractivity contribution in [3.63, 3.8) is 0 Å². The third-order valence-electron chi connectivity index (χ3n) is 3.79. The van der Waals surface area contributed by atoms with E-state index in [1.165, 1.54) is 4.90 Å². The zero-order valence-electron chi connectivity index (χ0n) is 12.5. The van der Waals surface area contributed by atoms with Gasteiger partial charge in [-0.25, -0.2) is 9.59 Å². The van der Waals surface area contributed by atoms with Crippen LogP contribution < -0.4 is 10.2 Å². The molecule has 124 valence electrons. The third kappa shape index (κ3) is 3.86. The maximum Gasteiger partial charge on any atom is 0.414 e. The van der Waals surface area contributed by atoms with Gasteiger partial charge in [0.05, 0.1) is 26.3 Å². The summed E-state index contributed by atoms with van der Waals surface area (Å²) in [6.07, 6.45) is -0.791. The van der Waals surface area contributed by atoms with E-state index in [-0.39, 0.29) is 18.7 Å². The van der Waals surface area contributed by atoms with Crippen molar-refractivity contribution in [2.75, 3.05) is 44.3 Å². The average Bonchev–Trinajstić information content (AvgIpc) is 2.95. The van der Waals surface area contributed by atoms with Gasteiger partial charge in [-0.2, -0.15) is 0 Å². The van der Waals surface area contributed by atoms with Gasteiger partial charge in [-0.15, -0.1) is 0 Å². The molecule has 0 saturated carbocycles. The van der Waals surface area contributed by atoms with Crippen molar-refractivity contribution in [1.82, 2.24) is 10.2 Å². The predicted molar refractivity (Wildman–Crippen MR) is 84.9 cm³/mol. The van der Waals surface area contributed by atoms with Gasteiger partial charge < -0.3 is 19.7 Å². The lowest BCUT2D eigenvalue weighted by molar-refractivity contribution is 0.0523. The summed E-state index contributed by atoms with van der Waals surface area (Å²) in [5, 5.41) is 3.41. The Morgan fingerprint density at radius 2 is 1.96 bits per heavy atom. The summed E-state index contributed by atoms with van der Waals surface area (Å²) in [4.78, 5) is 27.2. The lowest BCUT2D eigenvalue weighted by Crippen LogP contribution is -2.48. The lowest BCUT2D eigenvalue weighted by Gasteiger charge is -2.27. The third-order valence-corrected chi connectivity index (χ3v) is 4.04. The van der Waals surface area contributed by atoms with Crippen LogP contribution in [0.25, 0.3) is 0 Å². The summed E-state index contributed by atoms with van der Waals surface area (Å²) < 4.78 is 10.5. The van der Waals surface area contributed by atoms with Crippen LogP contribution in [-0.2, 0) is 9.47 Å². The SMILES string of the molecule is O=C(NCC1CN(c2ccc(Cl)cc2)C(=O)O1)N1CCOCC1. The second-order valence-electron chi connectivity index (χ2n) is 5.38. The molecule has 0 radical (unpaired) electrons. The summed E-state index contributed by atoms with van der Waals surface area (Å²) in [7, 11) is 0. The molecule has 3 rings (SSSR count). The number of rotatable bonds is 3. The molecule has 2 heterocycles. The monoisotopic (exact) mass is 339 g/mol. The van der Waals surface area contributed by atoms with Gasteiger partial charge in [0.2, 0.25) is 0 Å². The number of benzene rings is 1. The van der Waals surface area contributed by atoms with Crippen LogP contribution in [0.3, 0.4) is 0 Å². The number of morpholine rings is 1. The van der Waals surface area contributed by atoms with Crippen LogP contribution in [-0.4, -0.2) is 62.5 Å². The number of carbonyl (C=O) groups is 2. The number of hydrogen-bond donors (Lipinski definition) is 1. The molecule has 2 aliphatic heterocycles. The van der Waals surface area contributed by atoms with E-state index in [4.69, 9.17) is 21.1 Å². The van der Waals surface area contributed by atoms with E-state index in [0.717, 1.165) is 5.69 Å². The fourth-order valence-corrected chi connectivity index (χ4v) is 2.67. The number of anilines is 1. The Labute approximate surface area is 139 Å². The van der Waals surface area contributed by atoms with E-state index < -0.39 is 6.09 Å². The summed E-state index contributed by atoms with van der Waals surface area (Å²) >= 11 is 5.85. The fourth-order valence-electron chi connectivity index (χ4n) is 2.54. The quantitative estimate of drug-likeness (QED) is 0.910. The number of cyclic esters (lactones) is 1. The van der Waals surface area contributed by atoms with Crippen molar-refractivity contribution < 1.29 is 19.1 Å².